The van der Waals surface area contributed by atoms with Crippen LogP contribution in [0.2, 0.25) is 0 Å². The number of hydrogen-bond acceptors (Lipinski definition) is 4. The number of aromatic nitrogens is 2. The fraction of sp³-hybridized carbons (Fsp3) is 0.400. The Kier molecular flexibility index (Phi) is 1.88. The zero-order valence-corrected chi connectivity index (χ0v) is 5.70. The minimum Gasteiger partial charge on any atom is -0.325 e. The Morgan fingerprint density at radius 2 is 2.60 bits per heavy atom. The second-order valence-corrected chi connectivity index (χ2v) is 1.98. The van der Waals surface area contributed by atoms with Crippen LogP contribution in [0.3, 0.4) is 0 Å². The molecule has 1 aromatic heterocycles. The van der Waals surface area contributed by atoms with Crippen molar-refractivity contribution >= 4 is 5.69 Å². The summed E-state index contributed by atoms with van der Waals surface area (Å²) in [5.74, 6) is 0. The van der Waals surface area contributed by atoms with Gasteiger partial charge in [-0.2, -0.15) is 5.10 Å². The van der Waals surface area contributed by atoms with Crippen molar-refractivity contribution in [2.24, 2.45) is 12.8 Å². The molecule has 0 aromatic carbocycles. The standard InChI is InChI=1S/C5H10N4O/c1-9-3-5(8-10)4(2-6)7-9/h3,8,10H,2,6H2,1H3. The Hall–Kier alpha value is -1.07. The quantitative estimate of drug-likeness (QED) is 0.494. The summed E-state index contributed by atoms with van der Waals surface area (Å²) in [4.78, 5) is 0. The summed E-state index contributed by atoms with van der Waals surface area (Å²) in [6.07, 6.45) is 1.65. The van der Waals surface area contributed by atoms with Gasteiger partial charge in [0, 0.05) is 13.6 Å². The van der Waals surface area contributed by atoms with Crippen LogP contribution in [0.5, 0.6) is 0 Å². The van der Waals surface area contributed by atoms with Crippen LogP contribution in [0.4, 0.5) is 5.69 Å². The van der Waals surface area contributed by atoms with Crippen LogP contribution in [0, 0.1) is 0 Å². The molecule has 0 bridgehead atoms. The molecule has 5 nitrogen and oxygen atoms in total. The number of nitrogens with two attached hydrogens (primary N) is 1. The molecule has 5 heteroatoms. The monoisotopic (exact) mass is 142 g/mol. The van der Waals surface area contributed by atoms with Gasteiger partial charge in [0.15, 0.2) is 0 Å². The minimum absolute atomic E-state index is 0.323. The first kappa shape index (κ1) is 7.04. The third-order valence-corrected chi connectivity index (χ3v) is 1.22. The van der Waals surface area contributed by atoms with Gasteiger partial charge in [0.25, 0.3) is 0 Å². The summed E-state index contributed by atoms with van der Waals surface area (Å²) in [5, 5.41) is 12.5. The first-order chi connectivity index (χ1) is 4.77. The predicted octanol–water partition coefficient (Wildman–Crippen LogP) is -0.320. The highest BCUT2D eigenvalue weighted by atomic mass is 16.5. The van der Waals surface area contributed by atoms with Crippen LogP contribution in [0.15, 0.2) is 6.20 Å². The van der Waals surface area contributed by atoms with Crippen LogP contribution in [0.1, 0.15) is 5.69 Å². The van der Waals surface area contributed by atoms with Gasteiger partial charge in [0.05, 0.1) is 6.20 Å². The van der Waals surface area contributed by atoms with E-state index in [4.69, 9.17) is 10.9 Å². The summed E-state index contributed by atoms with van der Waals surface area (Å²) in [7, 11) is 1.76. The van der Waals surface area contributed by atoms with Gasteiger partial charge >= 0.3 is 0 Å². The van der Waals surface area contributed by atoms with Gasteiger partial charge in [-0.05, 0) is 0 Å². The van der Waals surface area contributed by atoms with E-state index in [-0.39, 0.29) is 0 Å². The van der Waals surface area contributed by atoms with Gasteiger partial charge in [-0.15, -0.1) is 0 Å². The molecule has 10 heavy (non-hydrogen) atoms. The Morgan fingerprint density at radius 1 is 1.90 bits per heavy atom. The molecule has 0 amide bonds. The molecule has 0 fully saturated rings. The molecule has 56 valence electrons. The van der Waals surface area contributed by atoms with Gasteiger partial charge in [-0.3, -0.25) is 15.4 Å². The summed E-state index contributed by atoms with van der Waals surface area (Å²) in [6, 6.07) is 0. The zero-order chi connectivity index (χ0) is 7.56. The number of nitrogens with zero attached hydrogens (tertiary/aromatic N) is 2. The van der Waals surface area contributed by atoms with Crippen molar-refractivity contribution < 1.29 is 5.21 Å². The molecule has 0 atom stereocenters. The highest BCUT2D eigenvalue weighted by molar-refractivity contribution is 5.43. The topological polar surface area (TPSA) is 76.1 Å². The van der Waals surface area contributed by atoms with Crippen molar-refractivity contribution in [1.29, 1.82) is 0 Å². The number of hydrogen-bond donors (Lipinski definition) is 3. The van der Waals surface area contributed by atoms with Gasteiger partial charge in [0.2, 0.25) is 0 Å². The third-order valence-electron chi connectivity index (χ3n) is 1.22. The molecule has 0 aliphatic carbocycles. The first-order valence-electron chi connectivity index (χ1n) is 2.90. The molecule has 1 aromatic rings. The molecule has 0 aliphatic heterocycles. The minimum atomic E-state index is 0.323. The number of rotatable bonds is 2. The van der Waals surface area contributed by atoms with Crippen LogP contribution in [0.25, 0.3) is 0 Å². The summed E-state index contributed by atoms with van der Waals surface area (Å²) in [6.45, 7) is 0.323. The molecule has 1 heterocycles. The van der Waals surface area contributed by atoms with E-state index in [1.165, 1.54) is 0 Å². The van der Waals surface area contributed by atoms with E-state index in [1.807, 2.05) is 5.48 Å². The molecule has 0 saturated heterocycles. The lowest BCUT2D eigenvalue weighted by Gasteiger charge is -1.93. The van der Waals surface area contributed by atoms with Crippen molar-refractivity contribution in [1.82, 2.24) is 9.78 Å². The lowest BCUT2D eigenvalue weighted by molar-refractivity contribution is 0.388. The van der Waals surface area contributed by atoms with E-state index in [0.29, 0.717) is 17.9 Å². The van der Waals surface area contributed by atoms with Gasteiger partial charge in [-0.25, -0.2) is 0 Å². The molecule has 4 N–H and O–H groups in total. The van der Waals surface area contributed by atoms with Crippen molar-refractivity contribution in [2.45, 2.75) is 6.54 Å². The maximum Gasteiger partial charge on any atom is 0.103 e. The van der Waals surface area contributed by atoms with Gasteiger partial charge in [-0.1, -0.05) is 0 Å². The highest BCUT2D eigenvalue weighted by Gasteiger charge is 2.02. The number of nitrogens with one attached hydrogen (secondary N) is 1. The van der Waals surface area contributed by atoms with Crippen LogP contribution in [-0.4, -0.2) is 15.0 Å². The Balaban J connectivity index is 2.96. The molecular weight excluding hydrogens is 132 g/mol. The average Bonchev–Trinajstić information content (AvgIpc) is 2.30. The molecule has 0 spiro atoms. The summed E-state index contributed by atoms with van der Waals surface area (Å²) in [5.41, 5.74) is 8.53. The lowest BCUT2D eigenvalue weighted by atomic mass is 10.4. The van der Waals surface area contributed by atoms with Crippen LogP contribution in [-0.2, 0) is 13.6 Å². The smallest absolute Gasteiger partial charge is 0.103 e. The maximum atomic E-state index is 8.50. The SMILES string of the molecule is Cn1cc(NO)c(CN)n1. The third kappa shape index (κ3) is 1.09. The van der Waals surface area contributed by atoms with Gasteiger partial charge in [0.1, 0.15) is 11.4 Å². The lowest BCUT2D eigenvalue weighted by Crippen LogP contribution is -2.01. The molecule has 0 aliphatic rings. The number of anilines is 1. The first-order valence-corrected chi connectivity index (χ1v) is 2.90. The van der Waals surface area contributed by atoms with Crippen molar-refractivity contribution in [3.8, 4) is 0 Å². The zero-order valence-electron chi connectivity index (χ0n) is 5.70. The second kappa shape index (κ2) is 2.68. The fourth-order valence-corrected chi connectivity index (χ4v) is 0.779. The van der Waals surface area contributed by atoms with E-state index >= 15 is 0 Å². The molecule has 0 unspecified atom stereocenters. The predicted molar refractivity (Wildman–Crippen MR) is 36.5 cm³/mol. The van der Waals surface area contributed by atoms with Gasteiger partial charge < -0.3 is 5.73 Å². The second-order valence-electron chi connectivity index (χ2n) is 1.98. The average molecular weight is 142 g/mol. The Labute approximate surface area is 58.4 Å². The number of aryl methyl sites for hydroxylation is 1. The molecule has 1 rings (SSSR count). The normalized spacial score (nSPS) is 9.90. The summed E-state index contributed by atoms with van der Waals surface area (Å²) >= 11 is 0. The van der Waals surface area contributed by atoms with E-state index in [9.17, 15) is 0 Å². The molecule has 0 radical (unpaired) electrons. The maximum absolute atomic E-state index is 8.50. The van der Waals surface area contributed by atoms with Crippen LogP contribution < -0.4 is 11.2 Å². The van der Waals surface area contributed by atoms with Crippen LogP contribution >= 0.6 is 0 Å². The van der Waals surface area contributed by atoms with E-state index in [0.717, 1.165) is 0 Å². The Morgan fingerprint density at radius 3 is 3.00 bits per heavy atom. The van der Waals surface area contributed by atoms with E-state index < -0.39 is 0 Å². The molecule has 0 saturated carbocycles. The van der Waals surface area contributed by atoms with E-state index in [2.05, 4.69) is 5.10 Å². The van der Waals surface area contributed by atoms with Crippen molar-refractivity contribution in [3.05, 3.63) is 11.9 Å². The van der Waals surface area contributed by atoms with Crippen molar-refractivity contribution in [2.75, 3.05) is 5.48 Å². The summed E-state index contributed by atoms with van der Waals surface area (Å²) < 4.78 is 1.58. The fourth-order valence-electron chi connectivity index (χ4n) is 0.779. The highest BCUT2D eigenvalue weighted by Crippen LogP contribution is 2.09. The van der Waals surface area contributed by atoms with E-state index in [1.54, 1.807) is 17.9 Å². The van der Waals surface area contributed by atoms with Crippen molar-refractivity contribution in [3.63, 3.8) is 0 Å². The Bertz CT molecular complexity index is 198. The molecular formula is C5H10N4O. The largest absolute Gasteiger partial charge is 0.325 e.